The van der Waals surface area contributed by atoms with Gasteiger partial charge in [0, 0.05) is 30.6 Å². The smallest absolute Gasteiger partial charge is 0.269 e. The lowest BCUT2D eigenvalue weighted by Gasteiger charge is -2.17. The van der Waals surface area contributed by atoms with Gasteiger partial charge in [0.1, 0.15) is 5.69 Å². The first-order chi connectivity index (χ1) is 8.60. The third-order valence-corrected chi connectivity index (χ3v) is 3.31. The SMILES string of the molecule is CSCC(CCO)NC(=O)c1ccnn1C(C)C. The second-order valence-electron chi connectivity index (χ2n) is 4.39. The summed E-state index contributed by atoms with van der Waals surface area (Å²) in [6.45, 7) is 4.04. The first kappa shape index (κ1) is 15.0. The average molecular weight is 271 g/mol. The van der Waals surface area contributed by atoms with Crippen LogP contribution in [0, 0.1) is 0 Å². The van der Waals surface area contributed by atoms with E-state index in [0.29, 0.717) is 12.1 Å². The molecular weight excluding hydrogens is 250 g/mol. The molecule has 0 aliphatic heterocycles. The molecule has 1 amide bonds. The molecule has 5 nitrogen and oxygen atoms in total. The number of rotatable bonds is 7. The zero-order chi connectivity index (χ0) is 13.5. The minimum atomic E-state index is -0.131. The van der Waals surface area contributed by atoms with E-state index in [0.717, 1.165) is 5.75 Å². The highest BCUT2D eigenvalue weighted by molar-refractivity contribution is 7.98. The van der Waals surface area contributed by atoms with Crippen molar-refractivity contribution in [3.8, 4) is 0 Å². The number of nitrogens with one attached hydrogen (secondary N) is 1. The molecule has 0 spiro atoms. The largest absolute Gasteiger partial charge is 0.396 e. The van der Waals surface area contributed by atoms with E-state index in [-0.39, 0.29) is 24.6 Å². The fourth-order valence-electron chi connectivity index (χ4n) is 1.72. The van der Waals surface area contributed by atoms with Gasteiger partial charge in [-0.25, -0.2) is 0 Å². The van der Waals surface area contributed by atoms with Crippen LogP contribution in [-0.4, -0.2) is 45.5 Å². The summed E-state index contributed by atoms with van der Waals surface area (Å²) in [5.41, 5.74) is 0.564. The Labute approximate surface area is 112 Å². The molecule has 0 radical (unpaired) electrons. The highest BCUT2D eigenvalue weighted by atomic mass is 32.2. The second-order valence-corrected chi connectivity index (χ2v) is 5.30. The van der Waals surface area contributed by atoms with E-state index in [1.807, 2.05) is 20.1 Å². The second kappa shape index (κ2) is 7.43. The molecule has 0 aliphatic carbocycles. The number of hydrogen-bond donors (Lipinski definition) is 2. The Hall–Kier alpha value is -1.01. The first-order valence-electron chi connectivity index (χ1n) is 6.04. The van der Waals surface area contributed by atoms with Crippen LogP contribution in [0.2, 0.25) is 0 Å². The van der Waals surface area contributed by atoms with Gasteiger partial charge in [0.25, 0.3) is 5.91 Å². The average Bonchev–Trinajstić information content (AvgIpc) is 2.78. The molecule has 1 unspecified atom stereocenters. The molecule has 0 aromatic carbocycles. The van der Waals surface area contributed by atoms with Gasteiger partial charge in [0.05, 0.1) is 0 Å². The van der Waals surface area contributed by atoms with Crippen LogP contribution in [-0.2, 0) is 0 Å². The summed E-state index contributed by atoms with van der Waals surface area (Å²) in [4.78, 5) is 12.1. The lowest BCUT2D eigenvalue weighted by atomic mass is 10.2. The highest BCUT2D eigenvalue weighted by Gasteiger charge is 2.17. The van der Waals surface area contributed by atoms with Crippen molar-refractivity contribution < 1.29 is 9.90 Å². The molecule has 1 heterocycles. The van der Waals surface area contributed by atoms with Crippen molar-refractivity contribution in [2.75, 3.05) is 18.6 Å². The molecule has 102 valence electrons. The van der Waals surface area contributed by atoms with Gasteiger partial charge in [-0.15, -0.1) is 0 Å². The maximum atomic E-state index is 12.1. The predicted octanol–water partition coefficient (Wildman–Crippen LogP) is 1.31. The third kappa shape index (κ3) is 4.03. The van der Waals surface area contributed by atoms with Gasteiger partial charge in [0.2, 0.25) is 0 Å². The summed E-state index contributed by atoms with van der Waals surface area (Å²) in [5.74, 6) is 0.663. The molecule has 1 rings (SSSR count). The minimum Gasteiger partial charge on any atom is -0.396 e. The van der Waals surface area contributed by atoms with Crippen molar-refractivity contribution in [2.45, 2.75) is 32.4 Å². The summed E-state index contributed by atoms with van der Waals surface area (Å²) in [5, 5.41) is 16.0. The Morgan fingerprint density at radius 3 is 2.89 bits per heavy atom. The van der Waals surface area contributed by atoms with Crippen molar-refractivity contribution in [1.82, 2.24) is 15.1 Å². The minimum absolute atomic E-state index is 0.00647. The molecular formula is C12H21N3O2S. The Kier molecular flexibility index (Phi) is 6.21. The molecule has 6 heteroatoms. The summed E-state index contributed by atoms with van der Waals surface area (Å²) >= 11 is 1.65. The predicted molar refractivity (Wildman–Crippen MR) is 74.0 cm³/mol. The molecule has 0 aliphatic rings. The first-order valence-corrected chi connectivity index (χ1v) is 7.43. The van der Waals surface area contributed by atoms with Crippen molar-refractivity contribution in [2.24, 2.45) is 0 Å². The van der Waals surface area contributed by atoms with E-state index >= 15 is 0 Å². The van der Waals surface area contributed by atoms with E-state index in [2.05, 4.69) is 10.4 Å². The Balaban J connectivity index is 2.71. The highest BCUT2D eigenvalue weighted by Crippen LogP contribution is 2.09. The molecule has 1 atom stereocenters. The van der Waals surface area contributed by atoms with Crippen LogP contribution in [0.15, 0.2) is 12.3 Å². The van der Waals surface area contributed by atoms with E-state index < -0.39 is 0 Å². The van der Waals surface area contributed by atoms with Gasteiger partial charge < -0.3 is 10.4 Å². The molecule has 0 bridgehead atoms. The van der Waals surface area contributed by atoms with Crippen LogP contribution in [0.5, 0.6) is 0 Å². The molecule has 18 heavy (non-hydrogen) atoms. The summed E-state index contributed by atoms with van der Waals surface area (Å²) in [7, 11) is 0. The number of carbonyl (C=O) groups excluding carboxylic acids is 1. The molecule has 2 N–H and O–H groups in total. The zero-order valence-corrected chi connectivity index (χ0v) is 11.9. The zero-order valence-electron chi connectivity index (χ0n) is 11.1. The van der Waals surface area contributed by atoms with Gasteiger partial charge in [0.15, 0.2) is 0 Å². The lowest BCUT2D eigenvalue weighted by molar-refractivity contribution is 0.0922. The van der Waals surface area contributed by atoms with Crippen LogP contribution in [0.3, 0.4) is 0 Å². The Morgan fingerprint density at radius 1 is 1.61 bits per heavy atom. The van der Waals surface area contributed by atoms with Gasteiger partial charge >= 0.3 is 0 Å². The quantitative estimate of drug-likeness (QED) is 0.784. The van der Waals surface area contributed by atoms with Crippen LogP contribution in [0.25, 0.3) is 0 Å². The van der Waals surface area contributed by atoms with Crippen molar-refractivity contribution in [3.63, 3.8) is 0 Å². The number of thioether (sulfide) groups is 1. The number of amides is 1. The Morgan fingerprint density at radius 2 is 2.33 bits per heavy atom. The van der Waals surface area contributed by atoms with Crippen LogP contribution in [0.1, 0.15) is 36.8 Å². The summed E-state index contributed by atoms with van der Waals surface area (Å²) < 4.78 is 1.70. The molecule has 0 saturated carbocycles. The number of nitrogens with zero attached hydrogens (tertiary/aromatic N) is 2. The lowest BCUT2D eigenvalue weighted by Crippen LogP contribution is -2.38. The number of aromatic nitrogens is 2. The van der Waals surface area contributed by atoms with Crippen LogP contribution < -0.4 is 5.32 Å². The molecule has 0 fully saturated rings. The fourth-order valence-corrected chi connectivity index (χ4v) is 2.37. The van der Waals surface area contributed by atoms with Gasteiger partial charge in [-0.05, 0) is 32.6 Å². The maximum Gasteiger partial charge on any atom is 0.269 e. The van der Waals surface area contributed by atoms with E-state index in [1.165, 1.54) is 0 Å². The van der Waals surface area contributed by atoms with Gasteiger partial charge in [-0.1, -0.05) is 0 Å². The van der Waals surface area contributed by atoms with Crippen molar-refractivity contribution >= 4 is 17.7 Å². The Bertz CT molecular complexity index is 373. The number of aliphatic hydroxyl groups excluding tert-OH is 1. The van der Waals surface area contributed by atoms with E-state index in [4.69, 9.17) is 5.11 Å². The van der Waals surface area contributed by atoms with Gasteiger partial charge in [-0.3, -0.25) is 9.48 Å². The third-order valence-electron chi connectivity index (χ3n) is 2.57. The van der Waals surface area contributed by atoms with Gasteiger partial charge in [-0.2, -0.15) is 16.9 Å². The van der Waals surface area contributed by atoms with Crippen molar-refractivity contribution in [3.05, 3.63) is 18.0 Å². The van der Waals surface area contributed by atoms with Crippen LogP contribution >= 0.6 is 11.8 Å². The normalized spacial score (nSPS) is 12.7. The number of carbonyl (C=O) groups is 1. The molecule has 1 aromatic heterocycles. The monoisotopic (exact) mass is 271 g/mol. The van der Waals surface area contributed by atoms with E-state index in [9.17, 15) is 4.79 Å². The number of hydrogen-bond acceptors (Lipinski definition) is 4. The molecule has 1 aromatic rings. The topological polar surface area (TPSA) is 67.2 Å². The van der Waals surface area contributed by atoms with E-state index in [1.54, 1.807) is 28.7 Å². The number of aliphatic hydroxyl groups is 1. The summed E-state index contributed by atoms with van der Waals surface area (Å²) in [6, 6.07) is 1.86. The standard InChI is InChI=1S/C12H21N3O2S/c1-9(2)15-11(4-6-13-15)12(17)14-10(5-7-16)8-18-3/h4,6,9-10,16H,5,7-8H2,1-3H3,(H,14,17). The summed E-state index contributed by atoms with van der Waals surface area (Å²) in [6.07, 6.45) is 4.18. The fraction of sp³-hybridized carbons (Fsp3) is 0.667. The van der Waals surface area contributed by atoms with Crippen molar-refractivity contribution in [1.29, 1.82) is 0 Å². The molecule has 0 saturated heterocycles. The van der Waals surface area contributed by atoms with Crippen LogP contribution in [0.4, 0.5) is 0 Å². The maximum absolute atomic E-state index is 12.1.